The Balaban J connectivity index is 1.97. The number of hydrogen-bond donors (Lipinski definition) is 3. The minimum absolute atomic E-state index is 0.0306. The molecule has 5 nitrogen and oxygen atoms in total. The van der Waals surface area contributed by atoms with Crippen molar-refractivity contribution < 1.29 is 9.90 Å². The number of amides is 1. The van der Waals surface area contributed by atoms with Gasteiger partial charge in [0.15, 0.2) is 0 Å². The molecule has 0 radical (unpaired) electrons. The third-order valence-electron chi connectivity index (χ3n) is 6.03. The van der Waals surface area contributed by atoms with Crippen molar-refractivity contribution in [3.05, 3.63) is 46.7 Å². The molecule has 0 saturated heterocycles. The number of allylic oxidation sites excluding steroid dienone is 2. The summed E-state index contributed by atoms with van der Waals surface area (Å²) in [6.07, 6.45) is 7.26. The fraction of sp³-hybridized carbons (Fsp3) is 0.565. The van der Waals surface area contributed by atoms with E-state index in [0.29, 0.717) is 18.9 Å². The lowest BCUT2D eigenvalue weighted by atomic mass is 9.63. The molecule has 2 unspecified atom stereocenters. The summed E-state index contributed by atoms with van der Waals surface area (Å²) in [6, 6.07) is 3.54. The summed E-state index contributed by atoms with van der Waals surface area (Å²) >= 11 is 0. The first kappa shape index (κ1) is 20.6. The molecule has 0 spiro atoms. The molecule has 0 aliphatic heterocycles. The lowest BCUT2D eigenvalue weighted by Crippen LogP contribution is -2.53. The Morgan fingerprint density at radius 3 is 2.86 bits per heavy atom. The highest BCUT2D eigenvalue weighted by atomic mass is 16.3. The molecule has 2 aliphatic carbocycles. The normalized spacial score (nSPS) is 26.0. The first-order valence-corrected chi connectivity index (χ1v) is 10.3. The average molecular weight is 384 g/mol. The largest absolute Gasteiger partial charge is 0.493 e. The molecule has 3 rings (SSSR count). The SMILES string of the molecule is C/C=C1\C2C=C(C)CC1(NC(=O)C[C@@H](CN)CC(C)C)c1ccc(O)nc1C2. The van der Waals surface area contributed by atoms with E-state index >= 15 is 0 Å². The highest BCUT2D eigenvalue weighted by molar-refractivity contribution is 5.79. The van der Waals surface area contributed by atoms with Gasteiger partial charge < -0.3 is 16.2 Å². The highest BCUT2D eigenvalue weighted by Gasteiger charge is 2.48. The van der Waals surface area contributed by atoms with E-state index in [1.54, 1.807) is 6.07 Å². The van der Waals surface area contributed by atoms with Gasteiger partial charge in [0, 0.05) is 30.4 Å². The summed E-state index contributed by atoms with van der Waals surface area (Å²) in [6.45, 7) is 9.00. The van der Waals surface area contributed by atoms with Gasteiger partial charge in [-0.05, 0) is 56.7 Å². The molecule has 5 heteroatoms. The molecular formula is C23H33N3O2. The van der Waals surface area contributed by atoms with E-state index in [9.17, 15) is 9.90 Å². The summed E-state index contributed by atoms with van der Waals surface area (Å²) in [5, 5.41) is 13.3. The van der Waals surface area contributed by atoms with Crippen LogP contribution in [0.2, 0.25) is 0 Å². The number of carbonyl (C=O) groups excluding carboxylic acids is 1. The molecule has 1 aromatic rings. The molecule has 0 fully saturated rings. The standard InChI is InChI=1S/C23H33N3O2/c1-5-18-17-9-15(4)12-23(18,19-6-7-21(27)25-20(19)11-17)26-22(28)10-16(13-24)8-14(2)3/h5-7,9,14,16-17H,8,10-13,24H2,1-4H3,(H,25,27)(H,26,28)/b18-5+/t16-,17?,23?/m0/s1. The quantitative estimate of drug-likeness (QED) is 0.655. The number of rotatable bonds is 6. The summed E-state index contributed by atoms with van der Waals surface area (Å²) in [5.41, 5.74) is 9.72. The van der Waals surface area contributed by atoms with Crippen LogP contribution in [0.25, 0.3) is 0 Å². The first-order chi connectivity index (χ1) is 13.3. The van der Waals surface area contributed by atoms with Crippen molar-refractivity contribution >= 4 is 5.91 Å². The van der Waals surface area contributed by atoms with Gasteiger partial charge in [-0.15, -0.1) is 0 Å². The molecule has 2 aliphatic rings. The minimum atomic E-state index is -0.583. The van der Waals surface area contributed by atoms with Crippen LogP contribution in [0.4, 0.5) is 0 Å². The summed E-state index contributed by atoms with van der Waals surface area (Å²) in [4.78, 5) is 17.5. The first-order valence-electron chi connectivity index (χ1n) is 10.3. The van der Waals surface area contributed by atoms with E-state index in [-0.39, 0.29) is 23.6 Å². The number of carbonyl (C=O) groups is 1. The van der Waals surface area contributed by atoms with Crippen molar-refractivity contribution in [2.75, 3.05) is 6.54 Å². The zero-order chi connectivity index (χ0) is 20.5. The smallest absolute Gasteiger partial charge is 0.221 e. The monoisotopic (exact) mass is 383 g/mol. The molecule has 4 N–H and O–H groups in total. The number of pyridine rings is 1. The zero-order valence-electron chi connectivity index (χ0n) is 17.5. The molecule has 0 saturated carbocycles. The second-order valence-corrected chi connectivity index (χ2v) is 8.80. The Bertz CT molecular complexity index is 812. The van der Waals surface area contributed by atoms with Crippen LogP contribution in [0.15, 0.2) is 35.4 Å². The van der Waals surface area contributed by atoms with Crippen molar-refractivity contribution in [1.82, 2.24) is 10.3 Å². The van der Waals surface area contributed by atoms with E-state index in [2.05, 4.69) is 43.2 Å². The van der Waals surface area contributed by atoms with Gasteiger partial charge in [-0.25, -0.2) is 4.98 Å². The Hall–Kier alpha value is -2.14. The van der Waals surface area contributed by atoms with Crippen LogP contribution in [-0.4, -0.2) is 22.5 Å². The van der Waals surface area contributed by atoms with Crippen molar-refractivity contribution in [2.45, 2.75) is 58.9 Å². The number of nitrogens with one attached hydrogen (secondary N) is 1. The number of nitrogens with two attached hydrogens (primary N) is 1. The van der Waals surface area contributed by atoms with Gasteiger partial charge in [-0.3, -0.25) is 4.79 Å². The predicted molar refractivity (Wildman–Crippen MR) is 112 cm³/mol. The van der Waals surface area contributed by atoms with E-state index in [4.69, 9.17) is 5.73 Å². The molecule has 1 amide bonds. The van der Waals surface area contributed by atoms with Gasteiger partial charge in [0.25, 0.3) is 0 Å². The van der Waals surface area contributed by atoms with Crippen LogP contribution in [0.3, 0.4) is 0 Å². The molecule has 3 atom stereocenters. The summed E-state index contributed by atoms with van der Waals surface area (Å²) in [5.74, 6) is 0.953. The predicted octanol–water partition coefficient (Wildman–Crippen LogP) is 3.58. The topological polar surface area (TPSA) is 88.2 Å². The fourth-order valence-electron chi connectivity index (χ4n) is 5.12. The van der Waals surface area contributed by atoms with E-state index in [0.717, 1.165) is 30.5 Å². The van der Waals surface area contributed by atoms with Crippen LogP contribution in [0.1, 0.15) is 58.2 Å². The molecular weight excluding hydrogens is 350 g/mol. The van der Waals surface area contributed by atoms with Crippen LogP contribution in [-0.2, 0) is 16.8 Å². The average Bonchev–Trinajstić information content (AvgIpc) is 2.59. The maximum Gasteiger partial charge on any atom is 0.221 e. The van der Waals surface area contributed by atoms with Gasteiger partial charge in [-0.1, -0.05) is 31.6 Å². The fourth-order valence-corrected chi connectivity index (χ4v) is 5.12. The molecule has 1 heterocycles. The van der Waals surface area contributed by atoms with Crippen LogP contribution < -0.4 is 11.1 Å². The van der Waals surface area contributed by atoms with Gasteiger partial charge in [0.05, 0.1) is 11.2 Å². The third-order valence-corrected chi connectivity index (χ3v) is 6.03. The van der Waals surface area contributed by atoms with Gasteiger partial charge in [-0.2, -0.15) is 0 Å². The Labute approximate surface area is 168 Å². The van der Waals surface area contributed by atoms with Crippen molar-refractivity contribution in [3.63, 3.8) is 0 Å². The van der Waals surface area contributed by atoms with E-state index in [1.807, 2.05) is 13.0 Å². The van der Waals surface area contributed by atoms with E-state index in [1.165, 1.54) is 11.1 Å². The molecule has 1 aromatic heterocycles. The van der Waals surface area contributed by atoms with Crippen molar-refractivity contribution in [1.29, 1.82) is 0 Å². The van der Waals surface area contributed by atoms with Gasteiger partial charge in [0.1, 0.15) is 0 Å². The van der Waals surface area contributed by atoms with Crippen LogP contribution in [0, 0.1) is 17.8 Å². The second-order valence-electron chi connectivity index (χ2n) is 8.80. The number of nitrogens with zero attached hydrogens (tertiary/aromatic N) is 1. The minimum Gasteiger partial charge on any atom is -0.493 e. The molecule has 2 bridgehead atoms. The van der Waals surface area contributed by atoms with Crippen molar-refractivity contribution in [3.8, 4) is 5.88 Å². The van der Waals surface area contributed by atoms with Crippen LogP contribution in [0.5, 0.6) is 5.88 Å². The number of aromatic hydroxyl groups is 1. The highest BCUT2D eigenvalue weighted by Crippen LogP contribution is 2.50. The lowest BCUT2D eigenvalue weighted by molar-refractivity contribution is -0.123. The van der Waals surface area contributed by atoms with Crippen molar-refractivity contribution in [2.24, 2.45) is 23.5 Å². The molecule has 28 heavy (non-hydrogen) atoms. The van der Waals surface area contributed by atoms with Gasteiger partial charge in [0.2, 0.25) is 11.8 Å². The van der Waals surface area contributed by atoms with Crippen LogP contribution >= 0.6 is 0 Å². The summed E-state index contributed by atoms with van der Waals surface area (Å²) < 4.78 is 0. The maximum atomic E-state index is 13.1. The maximum absolute atomic E-state index is 13.1. The molecule has 0 aromatic carbocycles. The lowest BCUT2D eigenvalue weighted by Gasteiger charge is -2.48. The zero-order valence-corrected chi connectivity index (χ0v) is 17.5. The Morgan fingerprint density at radius 1 is 1.46 bits per heavy atom. The number of hydrogen-bond acceptors (Lipinski definition) is 4. The number of fused-ring (bicyclic) bond motifs is 4. The van der Waals surface area contributed by atoms with Gasteiger partial charge >= 0.3 is 0 Å². The summed E-state index contributed by atoms with van der Waals surface area (Å²) in [7, 11) is 0. The Morgan fingerprint density at radius 2 is 2.21 bits per heavy atom. The second kappa shape index (κ2) is 8.08. The Kier molecular flexibility index (Phi) is 5.94. The third kappa shape index (κ3) is 3.86. The number of aromatic nitrogens is 1. The molecule has 152 valence electrons. The van der Waals surface area contributed by atoms with E-state index < -0.39 is 5.54 Å².